The van der Waals surface area contributed by atoms with E-state index in [4.69, 9.17) is 0 Å². The van der Waals surface area contributed by atoms with Crippen molar-refractivity contribution in [1.29, 1.82) is 0 Å². The molecular formula is C10H9Br2F2NO2. The average Bonchev–Trinajstić information content (AvgIpc) is 2.30. The smallest absolute Gasteiger partial charge is 0.311 e. The number of aromatic nitrogens is 1. The van der Waals surface area contributed by atoms with Crippen molar-refractivity contribution in [2.24, 2.45) is 0 Å². The maximum atomic E-state index is 12.7. The summed E-state index contributed by atoms with van der Waals surface area (Å²) in [5.41, 5.74) is 0.458. The van der Waals surface area contributed by atoms with Gasteiger partial charge in [-0.1, -0.05) is 15.9 Å². The molecule has 0 aliphatic rings. The fourth-order valence-electron chi connectivity index (χ4n) is 1.21. The Morgan fingerprint density at radius 3 is 2.65 bits per heavy atom. The predicted molar refractivity (Wildman–Crippen MR) is 65.2 cm³/mol. The van der Waals surface area contributed by atoms with Gasteiger partial charge >= 0.3 is 5.97 Å². The van der Waals surface area contributed by atoms with Gasteiger partial charge in [0.25, 0.3) is 6.43 Å². The molecule has 17 heavy (non-hydrogen) atoms. The van der Waals surface area contributed by atoms with E-state index >= 15 is 0 Å². The zero-order valence-corrected chi connectivity index (χ0v) is 12.0. The minimum Gasteiger partial charge on any atom is -0.469 e. The highest BCUT2D eigenvalue weighted by Crippen LogP contribution is 2.28. The summed E-state index contributed by atoms with van der Waals surface area (Å²) in [6, 6.07) is 1.28. The molecule has 0 aromatic carbocycles. The van der Waals surface area contributed by atoms with Gasteiger partial charge in [-0.05, 0) is 22.0 Å². The summed E-state index contributed by atoms with van der Waals surface area (Å²) >= 11 is 6.21. The van der Waals surface area contributed by atoms with Crippen LogP contribution in [0.25, 0.3) is 0 Å². The first-order chi connectivity index (χ1) is 7.99. The van der Waals surface area contributed by atoms with E-state index in [0.29, 0.717) is 10.2 Å². The van der Waals surface area contributed by atoms with Gasteiger partial charge in [-0.25, -0.2) is 8.78 Å². The van der Waals surface area contributed by atoms with Crippen LogP contribution in [0.4, 0.5) is 8.78 Å². The van der Waals surface area contributed by atoms with Gasteiger partial charge < -0.3 is 4.74 Å². The third-order valence-corrected chi connectivity index (χ3v) is 3.28. The van der Waals surface area contributed by atoms with Gasteiger partial charge in [-0.15, -0.1) is 0 Å². The molecule has 0 spiro atoms. The molecule has 94 valence electrons. The molecule has 0 atom stereocenters. The molecule has 0 fully saturated rings. The Morgan fingerprint density at radius 2 is 2.18 bits per heavy atom. The van der Waals surface area contributed by atoms with E-state index in [1.807, 2.05) is 0 Å². The fraction of sp³-hybridized carbons (Fsp3) is 0.400. The van der Waals surface area contributed by atoms with Gasteiger partial charge in [0.1, 0.15) is 0 Å². The molecule has 7 heteroatoms. The standard InChI is InChI=1S/C10H9Br2F2NO2/c1-17-9(16)3-7-6(12)2-5(10(13)14)8(4-11)15-7/h2,10H,3-4H2,1H3. The first-order valence-corrected chi connectivity index (χ1v) is 6.50. The average molecular weight is 373 g/mol. The number of esters is 1. The number of hydrogen-bond donors (Lipinski definition) is 0. The zero-order chi connectivity index (χ0) is 13.0. The lowest BCUT2D eigenvalue weighted by atomic mass is 10.1. The second-order valence-corrected chi connectivity index (χ2v) is 4.56. The molecule has 0 unspecified atom stereocenters. The Bertz CT molecular complexity index is 427. The Hall–Kier alpha value is -0.560. The van der Waals surface area contributed by atoms with Gasteiger partial charge in [0, 0.05) is 15.4 Å². The summed E-state index contributed by atoms with van der Waals surface area (Å²) in [5.74, 6) is -0.469. The topological polar surface area (TPSA) is 39.2 Å². The molecule has 1 aromatic heterocycles. The summed E-state index contributed by atoms with van der Waals surface area (Å²) in [5, 5.41) is 0.203. The minimum atomic E-state index is -2.60. The quantitative estimate of drug-likeness (QED) is 0.600. The number of nitrogens with zero attached hydrogens (tertiary/aromatic N) is 1. The van der Waals surface area contributed by atoms with Crippen LogP contribution in [0, 0.1) is 0 Å². The molecule has 0 aliphatic carbocycles. The van der Waals surface area contributed by atoms with Crippen LogP contribution in [0.15, 0.2) is 10.5 Å². The molecule has 0 saturated carbocycles. The van der Waals surface area contributed by atoms with Crippen molar-refractivity contribution in [3.05, 3.63) is 27.5 Å². The highest BCUT2D eigenvalue weighted by Gasteiger charge is 2.18. The molecule has 0 bridgehead atoms. The normalized spacial score (nSPS) is 10.7. The van der Waals surface area contributed by atoms with Crippen molar-refractivity contribution in [2.75, 3.05) is 7.11 Å². The highest BCUT2D eigenvalue weighted by atomic mass is 79.9. The summed E-state index contributed by atoms with van der Waals surface area (Å²) in [6.07, 6.45) is -2.65. The van der Waals surface area contributed by atoms with Crippen LogP contribution in [0.1, 0.15) is 23.4 Å². The van der Waals surface area contributed by atoms with Crippen molar-refractivity contribution in [1.82, 2.24) is 4.98 Å². The first-order valence-electron chi connectivity index (χ1n) is 4.58. The van der Waals surface area contributed by atoms with Crippen LogP contribution in [-0.2, 0) is 21.3 Å². The summed E-state index contributed by atoms with van der Waals surface area (Å²) in [4.78, 5) is 15.1. The van der Waals surface area contributed by atoms with Gasteiger partial charge in [0.05, 0.1) is 24.9 Å². The number of carbonyl (C=O) groups is 1. The van der Waals surface area contributed by atoms with Crippen molar-refractivity contribution in [3.63, 3.8) is 0 Å². The number of alkyl halides is 3. The van der Waals surface area contributed by atoms with Crippen LogP contribution < -0.4 is 0 Å². The Kier molecular flexibility index (Phi) is 5.45. The highest BCUT2D eigenvalue weighted by molar-refractivity contribution is 9.10. The van der Waals surface area contributed by atoms with Crippen LogP contribution >= 0.6 is 31.9 Å². The SMILES string of the molecule is COC(=O)Cc1nc(CBr)c(C(F)F)cc1Br. The molecule has 0 amide bonds. The molecule has 3 nitrogen and oxygen atoms in total. The van der Waals surface area contributed by atoms with Gasteiger partial charge in [0.15, 0.2) is 0 Å². The lowest BCUT2D eigenvalue weighted by Crippen LogP contribution is -2.09. The Labute approximate surface area is 114 Å². The summed E-state index contributed by atoms with van der Waals surface area (Å²) < 4.78 is 30.2. The van der Waals surface area contributed by atoms with Gasteiger partial charge in [0.2, 0.25) is 0 Å². The maximum Gasteiger partial charge on any atom is 0.311 e. The second-order valence-electron chi connectivity index (χ2n) is 3.14. The summed E-state index contributed by atoms with van der Waals surface area (Å²) in [7, 11) is 1.26. The minimum absolute atomic E-state index is 0.0550. The molecule has 0 N–H and O–H groups in total. The Morgan fingerprint density at radius 1 is 1.53 bits per heavy atom. The molecular weight excluding hydrogens is 364 g/mol. The van der Waals surface area contributed by atoms with Crippen molar-refractivity contribution >= 4 is 37.8 Å². The largest absolute Gasteiger partial charge is 0.469 e. The molecule has 0 aliphatic heterocycles. The van der Waals surface area contributed by atoms with E-state index in [9.17, 15) is 13.6 Å². The second kappa shape index (κ2) is 6.39. The molecule has 1 aromatic rings. The van der Waals surface area contributed by atoms with Gasteiger partial charge in [-0.3, -0.25) is 9.78 Å². The van der Waals surface area contributed by atoms with E-state index in [-0.39, 0.29) is 23.0 Å². The predicted octanol–water partition coefficient (Wildman–Crippen LogP) is 3.39. The number of ether oxygens (including phenoxy) is 1. The zero-order valence-electron chi connectivity index (χ0n) is 8.84. The lowest BCUT2D eigenvalue weighted by molar-refractivity contribution is -0.139. The van der Waals surface area contributed by atoms with E-state index in [1.165, 1.54) is 13.2 Å². The van der Waals surface area contributed by atoms with E-state index in [1.54, 1.807) is 0 Å². The third kappa shape index (κ3) is 3.70. The lowest BCUT2D eigenvalue weighted by Gasteiger charge is -2.10. The number of methoxy groups -OCH3 is 1. The third-order valence-electron chi connectivity index (χ3n) is 2.06. The molecule has 1 heterocycles. The number of pyridine rings is 1. The van der Waals surface area contributed by atoms with Crippen molar-refractivity contribution in [3.8, 4) is 0 Å². The fourth-order valence-corrected chi connectivity index (χ4v) is 2.14. The van der Waals surface area contributed by atoms with Crippen LogP contribution in [0.2, 0.25) is 0 Å². The molecule has 0 saturated heterocycles. The number of halogens is 4. The number of rotatable bonds is 4. The van der Waals surface area contributed by atoms with Crippen molar-refractivity contribution in [2.45, 2.75) is 18.2 Å². The summed E-state index contributed by atoms with van der Waals surface area (Å²) in [6.45, 7) is 0. The van der Waals surface area contributed by atoms with E-state index in [2.05, 4.69) is 41.6 Å². The van der Waals surface area contributed by atoms with E-state index in [0.717, 1.165) is 0 Å². The molecule has 1 rings (SSSR count). The number of carbonyl (C=O) groups excluding carboxylic acids is 1. The van der Waals surface area contributed by atoms with Crippen LogP contribution in [0.3, 0.4) is 0 Å². The van der Waals surface area contributed by atoms with E-state index < -0.39 is 12.4 Å². The monoisotopic (exact) mass is 371 g/mol. The van der Waals surface area contributed by atoms with Crippen LogP contribution in [0.5, 0.6) is 0 Å². The maximum absolute atomic E-state index is 12.7. The van der Waals surface area contributed by atoms with Crippen LogP contribution in [-0.4, -0.2) is 18.1 Å². The molecule has 0 radical (unpaired) electrons. The number of hydrogen-bond acceptors (Lipinski definition) is 3. The van der Waals surface area contributed by atoms with Gasteiger partial charge in [-0.2, -0.15) is 0 Å². The Balaban J connectivity index is 3.13. The first kappa shape index (κ1) is 14.5. The van der Waals surface area contributed by atoms with Crippen molar-refractivity contribution < 1.29 is 18.3 Å².